The summed E-state index contributed by atoms with van der Waals surface area (Å²) in [7, 11) is 0. The molecule has 35 heavy (non-hydrogen) atoms. The highest BCUT2D eigenvalue weighted by molar-refractivity contribution is 7.98. The van der Waals surface area contributed by atoms with Gasteiger partial charge >= 0.3 is 0 Å². The average molecular weight is 490 g/mol. The van der Waals surface area contributed by atoms with Gasteiger partial charge in [-0.15, -0.1) is 10.2 Å². The number of ether oxygens (including phenoxy) is 1. The van der Waals surface area contributed by atoms with Crippen LogP contribution in [0.15, 0.2) is 62.9 Å². The molecule has 0 atom stereocenters. The smallest absolute Gasteiger partial charge is 0.294 e. The van der Waals surface area contributed by atoms with Crippen LogP contribution in [0, 0.1) is 5.92 Å². The Morgan fingerprint density at radius 2 is 1.91 bits per heavy atom. The molecule has 2 aromatic carbocycles. The van der Waals surface area contributed by atoms with Gasteiger partial charge in [0.05, 0.1) is 5.75 Å². The number of H-pyrrole nitrogens is 1. The molecule has 0 bridgehead atoms. The first kappa shape index (κ1) is 23.2. The van der Waals surface area contributed by atoms with Gasteiger partial charge in [-0.25, -0.2) is 4.98 Å². The minimum atomic E-state index is -0.284. The maximum absolute atomic E-state index is 12.6. The Labute approximate surface area is 206 Å². The van der Waals surface area contributed by atoms with Crippen LogP contribution in [-0.4, -0.2) is 24.7 Å². The minimum absolute atomic E-state index is 0.245. The fourth-order valence-electron chi connectivity index (χ4n) is 3.90. The van der Waals surface area contributed by atoms with Gasteiger partial charge in [0.2, 0.25) is 5.58 Å². The van der Waals surface area contributed by atoms with E-state index in [9.17, 15) is 4.79 Å². The zero-order valence-electron chi connectivity index (χ0n) is 19.9. The van der Waals surface area contributed by atoms with Crippen molar-refractivity contribution in [1.29, 1.82) is 0 Å². The fraction of sp³-hybridized carbons (Fsp3) is 0.308. The van der Waals surface area contributed by atoms with Crippen LogP contribution in [0.2, 0.25) is 0 Å². The first-order valence-electron chi connectivity index (χ1n) is 11.7. The van der Waals surface area contributed by atoms with E-state index >= 15 is 0 Å². The number of hydrogen-bond acceptors (Lipinski definition) is 7. The molecule has 3 heterocycles. The minimum Gasteiger partial charge on any atom is -0.486 e. The van der Waals surface area contributed by atoms with Crippen molar-refractivity contribution in [3.63, 3.8) is 0 Å². The Morgan fingerprint density at radius 3 is 2.69 bits per heavy atom. The maximum Gasteiger partial charge on any atom is 0.294 e. The lowest BCUT2D eigenvalue weighted by atomic mass is 10.2. The standard InChI is InChI=1S/C26H27N5O3S/c1-4-17-9-11-18(12-10-17)33-14-22-29-30-26(31(22)13-16(2)3)35-15-21-27-23-19-7-5-6-8-20(19)34-24(23)25(32)28-21/h5-12,16H,4,13-15H2,1-3H3,(H,27,28,32). The number of furan rings is 1. The quantitative estimate of drug-likeness (QED) is 0.279. The predicted octanol–water partition coefficient (Wildman–Crippen LogP) is 5.35. The molecule has 0 aliphatic heterocycles. The van der Waals surface area contributed by atoms with Gasteiger partial charge in [-0.05, 0) is 42.2 Å². The summed E-state index contributed by atoms with van der Waals surface area (Å²) in [5, 5.41) is 10.4. The lowest BCUT2D eigenvalue weighted by molar-refractivity contribution is 0.284. The molecule has 9 heteroatoms. The van der Waals surface area contributed by atoms with E-state index in [0.717, 1.165) is 35.1 Å². The van der Waals surface area contributed by atoms with E-state index in [1.807, 2.05) is 36.4 Å². The van der Waals surface area contributed by atoms with Gasteiger partial charge in [-0.3, -0.25) is 4.79 Å². The summed E-state index contributed by atoms with van der Waals surface area (Å²) in [6.07, 6.45) is 0.994. The molecule has 0 saturated carbocycles. The van der Waals surface area contributed by atoms with E-state index in [4.69, 9.17) is 9.15 Å². The molecule has 5 rings (SSSR count). The highest BCUT2D eigenvalue weighted by Crippen LogP contribution is 2.27. The van der Waals surface area contributed by atoms with Crippen LogP contribution in [-0.2, 0) is 25.3 Å². The normalized spacial score (nSPS) is 11.7. The number of aromatic amines is 1. The van der Waals surface area contributed by atoms with E-state index in [1.165, 1.54) is 17.3 Å². The zero-order valence-corrected chi connectivity index (χ0v) is 20.8. The summed E-state index contributed by atoms with van der Waals surface area (Å²) >= 11 is 1.49. The number of hydrogen-bond donors (Lipinski definition) is 1. The molecular formula is C26H27N5O3S. The Kier molecular flexibility index (Phi) is 6.59. The fourth-order valence-corrected chi connectivity index (χ4v) is 4.74. The number of benzene rings is 2. The third-order valence-electron chi connectivity index (χ3n) is 5.66. The first-order valence-corrected chi connectivity index (χ1v) is 12.7. The molecule has 0 amide bonds. The lowest BCUT2D eigenvalue weighted by Crippen LogP contribution is -2.13. The average Bonchev–Trinajstić information content (AvgIpc) is 3.43. The third kappa shape index (κ3) is 4.95. The van der Waals surface area contributed by atoms with Crippen molar-refractivity contribution in [1.82, 2.24) is 24.7 Å². The van der Waals surface area contributed by atoms with Crippen molar-refractivity contribution in [2.24, 2.45) is 5.92 Å². The van der Waals surface area contributed by atoms with Crippen LogP contribution in [0.3, 0.4) is 0 Å². The lowest BCUT2D eigenvalue weighted by Gasteiger charge is -2.13. The van der Waals surface area contributed by atoms with Gasteiger partial charge in [0.25, 0.3) is 5.56 Å². The Balaban J connectivity index is 1.35. The maximum atomic E-state index is 12.6. The van der Waals surface area contributed by atoms with E-state index in [2.05, 4.69) is 57.6 Å². The summed E-state index contributed by atoms with van der Waals surface area (Å²) in [4.78, 5) is 20.1. The van der Waals surface area contributed by atoms with E-state index in [0.29, 0.717) is 35.2 Å². The number of fused-ring (bicyclic) bond motifs is 3. The molecule has 0 saturated heterocycles. The SMILES string of the molecule is CCc1ccc(OCc2nnc(SCc3nc4c(oc5ccccc54)c(=O)[nH]3)n2CC(C)C)cc1. The van der Waals surface area contributed by atoms with Crippen LogP contribution in [0.25, 0.3) is 22.1 Å². The Morgan fingerprint density at radius 1 is 1.11 bits per heavy atom. The van der Waals surface area contributed by atoms with Crippen LogP contribution in [0.1, 0.15) is 38.0 Å². The first-order chi connectivity index (χ1) is 17.0. The summed E-state index contributed by atoms with van der Waals surface area (Å²) in [5.74, 6) is 2.98. The molecule has 8 nitrogen and oxygen atoms in total. The predicted molar refractivity (Wildman–Crippen MR) is 137 cm³/mol. The van der Waals surface area contributed by atoms with E-state index in [1.54, 1.807) is 0 Å². The van der Waals surface area contributed by atoms with E-state index in [-0.39, 0.29) is 11.1 Å². The molecule has 0 radical (unpaired) electrons. The molecule has 0 aliphatic carbocycles. The summed E-state index contributed by atoms with van der Waals surface area (Å²) in [5.41, 5.74) is 2.46. The molecule has 1 N–H and O–H groups in total. The molecule has 0 spiro atoms. The molecule has 180 valence electrons. The molecule has 5 aromatic rings. The number of aromatic nitrogens is 5. The van der Waals surface area contributed by atoms with Gasteiger partial charge in [-0.1, -0.05) is 56.8 Å². The van der Waals surface area contributed by atoms with Crippen molar-refractivity contribution in [2.75, 3.05) is 0 Å². The number of nitrogens with zero attached hydrogens (tertiary/aromatic N) is 4. The third-order valence-corrected chi connectivity index (χ3v) is 6.64. The molecule has 0 aliphatic rings. The summed E-state index contributed by atoms with van der Waals surface area (Å²) in [6.45, 7) is 7.52. The summed E-state index contributed by atoms with van der Waals surface area (Å²) in [6, 6.07) is 15.6. The molecule has 0 fully saturated rings. The highest BCUT2D eigenvalue weighted by Gasteiger charge is 2.17. The molecule has 0 unspecified atom stereocenters. The second kappa shape index (κ2) is 9.95. The Bertz CT molecular complexity index is 1520. The van der Waals surface area contributed by atoms with Crippen LogP contribution in [0.4, 0.5) is 0 Å². The van der Waals surface area contributed by atoms with Gasteiger partial charge < -0.3 is 18.7 Å². The topological polar surface area (TPSA) is 98.8 Å². The number of aryl methyl sites for hydroxylation is 1. The van der Waals surface area contributed by atoms with Crippen molar-refractivity contribution in [2.45, 2.75) is 51.3 Å². The number of rotatable bonds is 9. The van der Waals surface area contributed by atoms with Gasteiger partial charge in [0, 0.05) is 11.9 Å². The number of thioether (sulfide) groups is 1. The summed E-state index contributed by atoms with van der Waals surface area (Å²) < 4.78 is 13.8. The van der Waals surface area contributed by atoms with Crippen molar-refractivity contribution < 1.29 is 9.15 Å². The highest BCUT2D eigenvalue weighted by atomic mass is 32.2. The van der Waals surface area contributed by atoms with Crippen LogP contribution in [0.5, 0.6) is 5.75 Å². The zero-order chi connectivity index (χ0) is 24.4. The monoisotopic (exact) mass is 489 g/mol. The van der Waals surface area contributed by atoms with Crippen molar-refractivity contribution >= 4 is 33.8 Å². The second-order valence-corrected chi connectivity index (χ2v) is 9.71. The second-order valence-electron chi connectivity index (χ2n) is 8.77. The Hall–Kier alpha value is -3.59. The number of nitrogens with one attached hydrogen (secondary N) is 1. The van der Waals surface area contributed by atoms with Gasteiger partial charge in [0.15, 0.2) is 11.0 Å². The molecular weight excluding hydrogens is 462 g/mol. The largest absolute Gasteiger partial charge is 0.486 e. The van der Waals surface area contributed by atoms with Crippen molar-refractivity contribution in [3.8, 4) is 5.75 Å². The van der Waals surface area contributed by atoms with E-state index < -0.39 is 0 Å². The molecule has 3 aromatic heterocycles. The van der Waals surface area contributed by atoms with Gasteiger partial charge in [-0.2, -0.15) is 0 Å². The van der Waals surface area contributed by atoms with Crippen LogP contribution < -0.4 is 10.3 Å². The number of para-hydroxylation sites is 1. The van der Waals surface area contributed by atoms with Crippen molar-refractivity contribution in [3.05, 3.63) is 76.1 Å². The van der Waals surface area contributed by atoms with Crippen LogP contribution >= 0.6 is 11.8 Å². The van der Waals surface area contributed by atoms with Gasteiger partial charge in [0.1, 0.15) is 29.3 Å².